The Hall–Kier alpha value is -3.52. The zero-order valence-corrected chi connectivity index (χ0v) is 16.3. The molecule has 0 fully saturated rings. The number of fused-ring (bicyclic) bond motifs is 1. The van der Waals surface area contributed by atoms with E-state index in [1.807, 2.05) is 37.4 Å². The van der Waals surface area contributed by atoms with Gasteiger partial charge in [0.1, 0.15) is 0 Å². The summed E-state index contributed by atoms with van der Waals surface area (Å²) in [6.07, 6.45) is 5.68. The molecular weight excluding hydrogens is 392 g/mol. The van der Waals surface area contributed by atoms with Crippen molar-refractivity contribution in [2.24, 2.45) is 0 Å². The predicted molar refractivity (Wildman–Crippen MR) is 108 cm³/mol. The van der Waals surface area contributed by atoms with E-state index < -0.39 is 0 Å². The second-order valence-corrected chi connectivity index (χ2v) is 6.64. The second-order valence-electron chi connectivity index (χ2n) is 6.20. The zero-order valence-electron chi connectivity index (χ0n) is 15.5. The van der Waals surface area contributed by atoms with E-state index in [9.17, 15) is 4.79 Å². The monoisotopic (exact) mass is 408 g/mol. The Morgan fingerprint density at radius 1 is 1.24 bits per heavy atom. The van der Waals surface area contributed by atoms with Gasteiger partial charge in [0, 0.05) is 23.7 Å². The highest BCUT2D eigenvalue weighted by Gasteiger charge is 2.15. The molecule has 4 rings (SSSR count). The molecule has 146 valence electrons. The van der Waals surface area contributed by atoms with Crippen molar-refractivity contribution in [3.05, 3.63) is 70.9 Å². The minimum absolute atomic E-state index is 0.221. The average Bonchev–Trinajstić information content (AvgIpc) is 3.38. The van der Waals surface area contributed by atoms with Gasteiger partial charge in [-0.3, -0.25) is 9.20 Å². The van der Waals surface area contributed by atoms with Gasteiger partial charge in [-0.1, -0.05) is 35.8 Å². The van der Waals surface area contributed by atoms with Crippen molar-refractivity contribution in [1.29, 1.82) is 0 Å². The van der Waals surface area contributed by atoms with Gasteiger partial charge in [0.05, 0.1) is 12.1 Å². The summed E-state index contributed by atoms with van der Waals surface area (Å²) < 4.78 is 7.10. The molecule has 0 spiro atoms. The van der Waals surface area contributed by atoms with Crippen molar-refractivity contribution in [1.82, 2.24) is 30.1 Å². The molecule has 0 aliphatic carbocycles. The van der Waals surface area contributed by atoms with Gasteiger partial charge in [0.25, 0.3) is 5.89 Å². The maximum absolute atomic E-state index is 12.1. The molecule has 0 saturated carbocycles. The number of aromatic nitrogens is 5. The lowest BCUT2D eigenvalue weighted by molar-refractivity contribution is -0.116. The number of hydrogen-bond acceptors (Lipinski definition) is 6. The van der Waals surface area contributed by atoms with Crippen LogP contribution in [0.3, 0.4) is 0 Å². The van der Waals surface area contributed by atoms with Crippen LogP contribution >= 0.6 is 11.6 Å². The summed E-state index contributed by atoms with van der Waals surface area (Å²) in [7, 11) is 0. The first-order valence-electron chi connectivity index (χ1n) is 9.01. The third-order valence-electron chi connectivity index (χ3n) is 4.24. The van der Waals surface area contributed by atoms with Gasteiger partial charge in [-0.2, -0.15) is 4.98 Å². The number of rotatable bonds is 6. The van der Waals surface area contributed by atoms with Crippen LogP contribution in [0.15, 0.2) is 53.2 Å². The molecule has 3 aromatic heterocycles. The van der Waals surface area contributed by atoms with Gasteiger partial charge in [-0.05, 0) is 35.9 Å². The molecule has 0 radical (unpaired) electrons. The van der Waals surface area contributed by atoms with E-state index in [1.165, 1.54) is 6.08 Å². The number of carbonyl (C=O) groups is 1. The number of nitrogens with one attached hydrogen (secondary N) is 1. The van der Waals surface area contributed by atoms with E-state index >= 15 is 0 Å². The Morgan fingerprint density at radius 3 is 2.83 bits per heavy atom. The van der Waals surface area contributed by atoms with Crippen molar-refractivity contribution in [3.63, 3.8) is 0 Å². The number of carbonyl (C=O) groups excluding carboxylic acids is 1. The minimum Gasteiger partial charge on any atom is -0.345 e. The molecule has 0 atom stereocenters. The molecule has 0 aliphatic rings. The SMILES string of the molecule is CCc1noc(-c2cccn3c(CNC(=O)/C=C/c4ccc(Cl)cc4)nnc23)n1. The summed E-state index contributed by atoms with van der Waals surface area (Å²) in [6.45, 7) is 2.17. The van der Waals surface area contributed by atoms with Crippen molar-refractivity contribution in [2.75, 3.05) is 0 Å². The van der Waals surface area contributed by atoms with E-state index in [1.54, 1.807) is 22.6 Å². The topological polar surface area (TPSA) is 98.2 Å². The van der Waals surface area contributed by atoms with Crippen molar-refractivity contribution in [3.8, 4) is 11.5 Å². The van der Waals surface area contributed by atoms with Crippen LogP contribution < -0.4 is 5.32 Å². The first-order chi connectivity index (χ1) is 14.1. The molecule has 1 N–H and O–H groups in total. The Morgan fingerprint density at radius 2 is 2.07 bits per heavy atom. The highest BCUT2D eigenvalue weighted by Crippen LogP contribution is 2.22. The molecule has 0 bridgehead atoms. The summed E-state index contributed by atoms with van der Waals surface area (Å²) in [5, 5.41) is 15.8. The zero-order chi connectivity index (χ0) is 20.2. The maximum Gasteiger partial charge on any atom is 0.261 e. The number of aryl methyl sites for hydroxylation is 1. The Balaban J connectivity index is 1.48. The van der Waals surface area contributed by atoms with Crippen LogP contribution in [-0.2, 0) is 17.8 Å². The second kappa shape index (κ2) is 8.24. The van der Waals surface area contributed by atoms with Crippen molar-refractivity contribution >= 4 is 29.2 Å². The summed E-state index contributed by atoms with van der Waals surface area (Å²) in [5.74, 6) is 1.37. The Bertz CT molecular complexity index is 1180. The van der Waals surface area contributed by atoms with Crippen molar-refractivity contribution < 1.29 is 9.32 Å². The third kappa shape index (κ3) is 4.17. The van der Waals surface area contributed by atoms with Crippen LogP contribution in [0.5, 0.6) is 0 Å². The standard InChI is InChI=1S/C20H17ClN6O2/c1-2-16-23-20(29-26-16)15-4-3-11-27-17(24-25-19(15)27)12-22-18(28)10-7-13-5-8-14(21)9-6-13/h3-11H,2,12H2,1H3,(H,22,28)/b10-7+. The van der Waals surface area contributed by atoms with E-state index in [0.29, 0.717) is 40.2 Å². The van der Waals surface area contributed by atoms with Crippen LogP contribution in [0.1, 0.15) is 24.1 Å². The lowest BCUT2D eigenvalue weighted by Gasteiger charge is -2.02. The number of nitrogens with zero attached hydrogens (tertiary/aromatic N) is 5. The van der Waals surface area contributed by atoms with E-state index in [2.05, 4.69) is 25.7 Å². The molecule has 0 saturated heterocycles. The smallest absolute Gasteiger partial charge is 0.261 e. The predicted octanol–water partition coefficient (Wildman–Crippen LogP) is 3.32. The summed E-state index contributed by atoms with van der Waals surface area (Å²) in [4.78, 5) is 16.5. The van der Waals surface area contributed by atoms with Crippen LogP contribution in [0.2, 0.25) is 5.02 Å². The molecule has 0 unspecified atom stereocenters. The van der Waals surface area contributed by atoms with E-state index in [4.69, 9.17) is 16.1 Å². The lowest BCUT2D eigenvalue weighted by atomic mass is 10.2. The molecule has 29 heavy (non-hydrogen) atoms. The molecule has 1 aromatic carbocycles. The highest BCUT2D eigenvalue weighted by molar-refractivity contribution is 6.30. The summed E-state index contributed by atoms with van der Waals surface area (Å²) >= 11 is 5.86. The fraction of sp³-hybridized carbons (Fsp3) is 0.150. The third-order valence-corrected chi connectivity index (χ3v) is 4.49. The molecule has 4 aromatic rings. The van der Waals surface area contributed by atoms with Gasteiger partial charge < -0.3 is 9.84 Å². The molecule has 0 aliphatic heterocycles. The van der Waals surface area contributed by atoms with Gasteiger partial charge in [-0.25, -0.2) is 0 Å². The minimum atomic E-state index is -0.239. The molecule has 3 heterocycles. The van der Waals surface area contributed by atoms with Crippen LogP contribution in [0, 0.1) is 0 Å². The Kier molecular flexibility index (Phi) is 5.35. The highest BCUT2D eigenvalue weighted by atomic mass is 35.5. The fourth-order valence-electron chi connectivity index (χ4n) is 2.73. The average molecular weight is 409 g/mol. The quantitative estimate of drug-likeness (QED) is 0.491. The van der Waals surface area contributed by atoms with Crippen LogP contribution in [-0.4, -0.2) is 30.6 Å². The summed E-state index contributed by atoms with van der Waals surface area (Å²) in [6, 6.07) is 10.9. The first kappa shape index (κ1) is 18.8. The number of halogens is 1. The number of pyridine rings is 1. The largest absolute Gasteiger partial charge is 0.345 e. The molecule has 8 nitrogen and oxygen atoms in total. The maximum atomic E-state index is 12.1. The number of amides is 1. The van der Waals surface area contributed by atoms with Gasteiger partial charge >= 0.3 is 0 Å². The van der Waals surface area contributed by atoms with Crippen LogP contribution in [0.4, 0.5) is 0 Å². The Labute approximate surface area is 171 Å². The van der Waals surface area contributed by atoms with Crippen LogP contribution in [0.25, 0.3) is 23.2 Å². The molecular formula is C20H17ClN6O2. The number of hydrogen-bond donors (Lipinski definition) is 1. The molecule has 1 amide bonds. The van der Waals surface area contributed by atoms with E-state index in [-0.39, 0.29) is 12.5 Å². The first-order valence-corrected chi connectivity index (χ1v) is 9.39. The van der Waals surface area contributed by atoms with Gasteiger partial charge in [-0.15, -0.1) is 10.2 Å². The normalized spacial score (nSPS) is 11.4. The van der Waals surface area contributed by atoms with Crippen molar-refractivity contribution in [2.45, 2.75) is 19.9 Å². The fourth-order valence-corrected chi connectivity index (χ4v) is 2.86. The van der Waals surface area contributed by atoms with Gasteiger partial charge in [0.15, 0.2) is 17.3 Å². The lowest BCUT2D eigenvalue weighted by Crippen LogP contribution is -2.21. The van der Waals surface area contributed by atoms with E-state index in [0.717, 1.165) is 5.56 Å². The summed E-state index contributed by atoms with van der Waals surface area (Å²) in [5.41, 5.74) is 2.15. The van der Waals surface area contributed by atoms with Gasteiger partial charge in [0.2, 0.25) is 5.91 Å². The molecule has 9 heteroatoms. The number of benzene rings is 1.